The number of hydrogen-bond donors (Lipinski definition) is 1. The van der Waals surface area contributed by atoms with Crippen molar-refractivity contribution in [3.8, 4) is 0 Å². The minimum Gasteiger partial charge on any atom is -0.282 e. The summed E-state index contributed by atoms with van der Waals surface area (Å²) >= 11 is 3.26. The second-order valence-corrected chi connectivity index (χ2v) is 7.23. The van der Waals surface area contributed by atoms with Gasteiger partial charge in [0.1, 0.15) is 4.90 Å². The van der Waals surface area contributed by atoms with Gasteiger partial charge in [0, 0.05) is 9.86 Å². The summed E-state index contributed by atoms with van der Waals surface area (Å²) in [5.74, 6) is 0. The summed E-state index contributed by atoms with van der Waals surface area (Å²) in [5.41, 5.74) is 0. The fourth-order valence-electron chi connectivity index (χ4n) is 3.01. The standard InChI is InChI=1S/C16H9BrO3S/c17-13-8-11-5-4-9-2-1-3-10-6-7-12(15(11)14(9)10)16(13)21(18,19)20/h1-8H,(H,18,19,20). The van der Waals surface area contributed by atoms with Gasteiger partial charge in [0.15, 0.2) is 0 Å². The molecule has 3 nitrogen and oxygen atoms in total. The van der Waals surface area contributed by atoms with Crippen molar-refractivity contribution in [3.05, 3.63) is 53.0 Å². The van der Waals surface area contributed by atoms with Gasteiger partial charge in [0.05, 0.1) is 0 Å². The van der Waals surface area contributed by atoms with Crippen molar-refractivity contribution in [1.29, 1.82) is 0 Å². The predicted molar refractivity (Wildman–Crippen MR) is 87.7 cm³/mol. The van der Waals surface area contributed by atoms with Gasteiger partial charge < -0.3 is 0 Å². The van der Waals surface area contributed by atoms with Crippen molar-refractivity contribution in [1.82, 2.24) is 0 Å². The normalized spacial score (nSPS) is 12.7. The maximum absolute atomic E-state index is 11.7. The van der Waals surface area contributed by atoms with Gasteiger partial charge >= 0.3 is 0 Å². The van der Waals surface area contributed by atoms with E-state index in [0.29, 0.717) is 9.86 Å². The van der Waals surface area contributed by atoms with E-state index in [4.69, 9.17) is 0 Å². The van der Waals surface area contributed by atoms with Crippen molar-refractivity contribution in [3.63, 3.8) is 0 Å². The Morgan fingerprint density at radius 3 is 2.14 bits per heavy atom. The molecule has 104 valence electrons. The molecule has 0 bridgehead atoms. The van der Waals surface area contributed by atoms with Crippen molar-refractivity contribution in [2.45, 2.75) is 4.90 Å². The molecule has 0 atom stereocenters. The fourth-order valence-corrected chi connectivity index (χ4v) is 4.84. The molecule has 4 rings (SSSR count). The lowest BCUT2D eigenvalue weighted by atomic mass is 9.94. The van der Waals surface area contributed by atoms with Gasteiger partial charge in [-0.25, -0.2) is 0 Å². The van der Waals surface area contributed by atoms with Crippen LogP contribution in [0, 0.1) is 0 Å². The minimum atomic E-state index is -4.31. The van der Waals surface area contributed by atoms with Crippen LogP contribution in [0.25, 0.3) is 32.3 Å². The summed E-state index contributed by atoms with van der Waals surface area (Å²) in [6, 6.07) is 15.3. The quantitative estimate of drug-likeness (QED) is 0.398. The lowest BCUT2D eigenvalue weighted by Gasteiger charge is -2.13. The van der Waals surface area contributed by atoms with E-state index in [9.17, 15) is 13.0 Å². The zero-order valence-electron chi connectivity index (χ0n) is 10.7. The van der Waals surface area contributed by atoms with Crippen LogP contribution in [0.1, 0.15) is 0 Å². The summed E-state index contributed by atoms with van der Waals surface area (Å²) in [6.07, 6.45) is 0. The molecule has 0 amide bonds. The van der Waals surface area contributed by atoms with Gasteiger partial charge in [-0.2, -0.15) is 8.42 Å². The zero-order chi connectivity index (χ0) is 14.8. The molecule has 0 saturated heterocycles. The Balaban J connectivity index is 2.41. The zero-order valence-corrected chi connectivity index (χ0v) is 13.1. The van der Waals surface area contributed by atoms with Crippen LogP contribution in [-0.4, -0.2) is 13.0 Å². The topological polar surface area (TPSA) is 54.4 Å². The maximum Gasteiger partial charge on any atom is 0.296 e. The Bertz CT molecular complexity index is 1100. The molecule has 21 heavy (non-hydrogen) atoms. The summed E-state index contributed by atoms with van der Waals surface area (Å²) in [7, 11) is -4.31. The van der Waals surface area contributed by atoms with Gasteiger partial charge in [0.25, 0.3) is 10.1 Å². The van der Waals surface area contributed by atoms with Gasteiger partial charge in [-0.15, -0.1) is 0 Å². The average Bonchev–Trinajstić information content (AvgIpc) is 2.42. The molecule has 0 aliphatic carbocycles. The number of halogens is 1. The second kappa shape index (κ2) is 4.16. The van der Waals surface area contributed by atoms with Crippen LogP contribution in [0.15, 0.2) is 57.9 Å². The lowest BCUT2D eigenvalue weighted by molar-refractivity contribution is 0.483. The molecule has 4 aromatic carbocycles. The first-order valence-corrected chi connectivity index (χ1v) is 8.53. The summed E-state index contributed by atoms with van der Waals surface area (Å²) in [4.78, 5) is -0.0757. The van der Waals surface area contributed by atoms with Crippen molar-refractivity contribution >= 4 is 58.4 Å². The molecule has 0 aliphatic heterocycles. The molecule has 0 aliphatic rings. The van der Waals surface area contributed by atoms with Gasteiger partial charge in [-0.1, -0.05) is 42.5 Å². The fraction of sp³-hybridized carbons (Fsp3) is 0. The van der Waals surface area contributed by atoms with Crippen LogP contribution in [-0.2, 0) is 10.1 Å². The van der Waals surface area contributed by atoms with Crippen molar-refractivity contribution in [2.24, 2.45) is 0 Å². The smallest absolute Gasteiger partial charge is 0.282 e. The third-order valence-corrected chi connectivity index (χ3v) is 5.65. The molecule has 0 spiro atoms. The lowest BCUT2D eigenvalue weighted by Crippen LogP contribution is -2.01. The first-order chi connectivity index (χ1) is 9.97. The van der Waals surface area contributed by atoms with Gasteiger partial charge in [-0.3, -0.25) is 4.55 Å². The summed E-state index contributed by atoms with van der Waals surface area (Å²) in [5, 5.41) is 5.45. The predicted octanol–water partition coefficient (Wildman–Crippen LogP) is 4.59. The highest BCUT2D eigenvalue weighted by Gasteiger charge is 2.21. The SMILES string of the molecule is O=S(=O)(O)c1c(Br)cc2ccc3cccc4ccc1c2c34. The van der Waals surface area contributed by atoms with Crippen LogP contribution >= 0.6 is 15.9 Å². The molecule has 1 N–H and O–H groups in total. The Labute approximate surface area is 129 Å². The third kappa shape index (κ3) is 1.78. The minimum absolute atomic E-state index is 0.0757. The first-order valence-electron chi connectivity index (χ1n) is 6.30. The van der Waals surface area contributed by atoms with Crippen molar-refractivity contribution in [2.75, 3.05) is 0 Å². The highest BCUT2D eigenvalue weighted by molar-refractivity contribution is 9.10. The van der Waals surface area contributed by atoms with E-state index < -0.39 is 10.1 Å². The van der Waals surface area contributed by atoms with E-state index in [0.717, 1.165) is 26.9 Å². The van der Waals surface area contributed by atoms with Crippen LogP contribution in [0.5, 0.6) is 0 Å². The largest absolute Gasteiger partial charge is 0.296 e. The van der Waals surface area contributed by atoms with Crippen LogP contribution in [0.3, 0.4) is 0 Å². The Kier molecular flexibility index (Phi) is 2.58. The van der Waals surface area contributed by atoms with E-state index in [1.165, 1.54) is 0 Å². The molecule has 0 fully saturated rings. The van der Waals surface area contributed by atoms with Crippen LogP contribution in [0.4, 0.5) is 0 Å². The molecule has 0 unspecified atom stereocenters. The molecular formula is C16H9BrO3S. The Morgan fingerprint density at radius 2 is 1.48 bits per heavy atom. The van der Waals surface area contributed by atoms with E-state index >= 15 is 0 Å². The van der Waals surface area contributed by atoms with Crippen LogP contribution < -0.4 is 0 Å². The number of hydrogen-bond acceptors (Lipinski definition) is 2. The molecule has 4 aromatic rings. The van der Waals surface area contributed by atoms with Gasteiger partial charge in [0.2, 0.25) is 0 Å². The molecule has 0 heterocycles. The molecule has 0 saturated carbocycles. The maximum atomic E-state index is 11.7. The Morgan fingerprint density at radius 1 is 0.857 bits per heavy atom. The van der Waals surface area contributed by atoms with E-state index in [-0.39, 0.29) is 4.90 Å². The molecule has 0 aromatic heterocycles. The Hall–Kier alpha value is -1.69. The number of benzene rings is 4. The second-order valence-electron chi connectivity index (χ2n) is 5.02. The molecule has 0 radical (unpaired) electrons. The van der Waals surface area contributed by atoms with E-state index in [1.54, 1.807) is 12.1 Å². The monoisotopic (exact) mass is 360 g/mol. The first kappa shape index (κ1) is 13.0. The van der Waals surface area contributed by atoms with E-state index in [2.05, 4.69) is 15.9 Å². The average molecular weight is 361 g/mol. The van der Waals surface area contributed by atoms with Crippen molar-refractivity contribution < 1.29 is 13.0 Å². The third-order valence-electron chi connectivity index (χ3n) is 3.81. The van der Waals surface area contributed by atoms with Crippen LogP contribution in [0.2, 0.25) is 0 Å². The number of rotatable bonds is 1. The molecule has 5 heteroatoms. The summed E-state index contributed by atoms with van der Waals surface area (Å²) in [6.45, 7) is 0. The summed E-state index contributed by atoms with van der Waals surface area (Å²) < 4.78 is 33.4. The molecular weight excluding hydrogens is 352 g/mol. The highest BCUT2D eigenvalue weighted by Crippen LogP contribution is 2.40. The van der Waals surface area contributed by atoms with Gasteiger partial charge in [-0.05, 0) is 48.9 Å². The highest BCUT2D eigenvalue weighted by atomic mass is 79.9. The van der Waals surface area contributed by atoms with E-state index in [1.807, 2.05) is 36.4 Å².